The minimum atomic E-state index is -0.0186. The first-order valence-corrected chi connectivity index (χ1v) is 8.38. The third-order valence-electron chi connectivity index (χ3n) is 3.84. The summed E-state index contributed by atoms with van der Waals surface area (Å²) in [5.74, 6) is 2.15. The molecule has 0 saturated carbocycles. The minimum absolute atomic E-state index is 0. The first-order chi connectivity index (χ1) is 11.1. The summed E-state index contributed by atoms with van der Waals surface area (Å²) >= 11 is 6.11. The second kappa shape index (κ2) is 11.0. The van der Waals surface area contributed by atoms with E-state index in [0.717, 1.165) is 32.1 Å². The zero-order valence-corrected chi connectivity index (χ0v) is 17.6. The number of ether oxygens (including phenoxy) is 2. The Morgan fingerprint density at radius 3 is 2.88 bits per heavy atom. The molecule has 1 saturated heterocycles. The molecule has 2 atom stereocenters. The van der Waals surface area contributed by atoms with Gasteiger partial charge >= 0.3 is 0 Å². The summed E-state index contributed by atoms with van der Waals surface area (Å²) in [6, 6.07) is 7.51. The van der Waals surface area contributed by atoms with E-state index in [1.807, 2.05) is 38.2 Å². The van der Waals surface area contributed by atoms with E-state index in [9.17, 15) is 0 Å². The lowest BCUT2D eigenvalue weighted by Crippen LogP contribution is -2.44. The van der Waals surface area contributed by atoms with E-state index in [-0.39, 0.29) is 30.1 Å². The lowest BCUT2D eigenvalue weighted by molar-refractivity contribution is 0.180. The van der Waals surface area contributed by atoms with Crippen molar-refractivity contribution in [2.75, 3.05) is 40.4 Å². The molecule has 7 heteroatoms. The summed E-state index contributed by atoms with van der Waals surface area (Å²) in [6.45, 7) is 5.32. The first-order valence-electron chi connectivity index (χ1n) is 8.01. The topological polar surface area (TPSA) is 46.1 Å². The molecule has 1 heterocycles. The van der Waals surface area contributed by atoms with Gasteiger partial charge < -0.3 is 19.7 Å². The minimum Gasteiger partial charge on any atom is -0.487 e. The third-order valence-corrected chi connectivity index (χ3v) is 4.15. The summed E-state index contributed by atoms with van der Waals surface area (Å²) in [4.78, 5) is 6.48. The van der Waals surface area contributed by atoms with Gasteiger partial charge in [0.2, 0.25) is 0 Å². The van der Waals surface area contributed by atoms with Gasteiger partial charge in [0.15, 0.2) is 5.96 Å². The molecule has 1 aliphatic rings. The van der Waals surface area contributed by atoms with Gasteiger partial charge in [-0.05, 0) is 25.5 Å². The predicted molar refractivity (Wildman–Crippen MR) is 110 cm³/mol. The Bertz CT molecular complexity index is 524. The SMILES string of the molecule is CN=C(NCC(C)Oc1ccccc1Cl)N(C)CC1CCOC1.I. The maximum atomic E-state index is 6.11. The van der Waals surface area contributed by atoms with Crippen LogP contribution >= 0.6 is 35.6 Å². The number of aliphatic imine (C=N–C) groups is 1. The van der Waals surface area contributed by atoms with Gasteiger partial charge in [-0.15, -0.1) is 24.0 Å². The highest BCUT2D eigenvalue weighted by molar-refractivity contribution is 14.0. The average molecular weight is 468 g/mol. The second-order valence-corrected chi connectivity index (χ2v) is 6.30. The fourth-order valence-electron chi connectivity index (χ4n) is 2.62. The number of hydrogen-bond acceptors (Lipinski definition) is 3. The maximum absolute atomic E-state index is 6.11. The molecule has 24 heavy (non-hydrogen) atoms. The van der Waals surface area contributed by atoms with Crippen LogP contribution < -0.4 is 10.1 Å². The molecule has 0 bridgehead atoms. The smallest absolute Gasteiger partial charge is 0.193 e. The number of para-hydroxylation sites is 1. The van der Waals surface area contributed by atoms with Crippen LogP contribution in [0.3, 0.4) is 0 Å². The van der Waals surface area contributed by atoms with Gasteiger partial charge in [-0.25, -0.2) is 0 Å². The lowest BCUT2D eigenvalue weighted by Gasteiger charge is -2.26. The van der Waals surface area contributed by atoms with E-state index < -0.39 is 0 Å². The molecule has 136 valence electrons. The standard InChI is InChI=1S/C17H26ClN3O2.HI/c1-13(23-16-7-5-4-6-15(16)18)10-20-17(19-2)21(3)11-14-8-9-22-12-14;/h4-7,13-14H,8-12H2,1-3H3,(H,19,20);1H. The highest BCUT2D eigenvalue weighted by Gasteiger charge is 2.19. The fraction of sp³-hybridized carbons (Fsp3) is 0.588. The van der Waals surface area contributed by atoms with Crippen molar-refractivity contribution in [1.29, 1.82) is 0 Å². The van der Waals surface area contributed by atoms with Crippen LogP contribution in [0.2, 0.25) is 5.02 Å². The van der Waals surface area contributed by atoms with Gasteiger partial charge in [-0.2, -0.15) is 0 Å². The molecule has 0 radical (unpaired) electrons. The van der Waals surface area contributed by atoms with E-state index in [4.69, 9.17) is 21.1 Å². The molecular weight excluding hydrogens is 441 g/mol. The Morgan fingerprint density at radius 2 is 2.25 bits per heavy atom. The molecule has 1 aliphatic heterocycles. The van der Waals surface area contributed by atoms with E-state index in [2.05, 4.69) is 15.2 Å². The number of nitrogens with one attached hydrogen (secondary N) is 1. The molecule has 0 aliphatic carbocycles. The van der Waals surface area contributed by atoms with Crippen LogP contribution in [-0.4, -0.2) is 57.4 Å². The van der Waals surface area contributed by atoms with Gasteiger partial charge in [0, 0.05) is 33.2 Å². The highest BCUT2D eigenvalue weighted by atomic mass is 127. The average Bonchev–Trinajstić information content (AvgIpc) is 3.03. The molecule has 2 rings (SSSR count). The molecule has 5 nitrogen and oxygen atoms in total. The molecule has 1 aromatic rings. The van der Waals surface area contributed by atoms with Gasteiger partial charge in [0.1, 0.15) is 11.9 Å². The number of halogens is 2. The quantitative estimate of drug-likeness (QED) is 0.396. The second-order valence-electron chi connectivity index (χ2n) is 5.90. The van der Waals surface area contributed by atoms with Gasteiger partial charge in [-0.1, -0.05) is 23.7 Å². The third kappa shape index (κ3) is 6.64. The molecule has 1 fully saturated rings. The maximum Gasteiger partial charge on any atom is 0.193 e. The number of guanidine groups is 1. The molecule has 0 amide bonds. The van der Waals surface area contributed by atoms with Crippen LogP contribution in [0.1, 0.15) is 13.3 Å². The molecular formula is C17H27ClIN3O2. The lowest BCUT2D eigenvalue weighted by atomic mass is 10.1. The Kier molecular flexibility index (Phi) is 9.76. The number of benzene rings is 1. The van der Waals surface area contributed by atoms with Crippen molar-refractivity contribution in [3.05, 3.63) is 29.3 Å². The van der Waals surface area contributed by atoms with E-state index in [1.165, 1.54) is 0 Å². The zero-order valence-electron chi connectivity index (χ0n) is 14.5. The predicted octanol–water partition coefficient (Wildman–Crippen LogP) is 3.27. The van der Waals surface area contributed by atoms with Gasteiger partial charge in [0.25, 0.3) is 0 Å². The fourth-order valence-corrected chi connectivity index (χ4v) is 2.80. The molecule has 0 spiro atoms. The van der Waals surface area contributed by atoms with Crippen molar-refractivity contribution >= 4 is 41.5 Å². The largest absolute Gasteiger partial charge is 0.487 e. The summed E-state index contributed by atoms with van der Waals surface area (Å²) in [5.41, 5.74) is 0. The monoisotopic (exact) mass is 467 g/mol. The van der Waals surface area contributed by atoms with Crippen LogP contribution in [0, 0.1) is 5.92 Å². The normalized spacial score (nSPS) is 18.7. The summed E-state index contributed by atoms with van der Waals surface area (Å²) < 4.78 is 11.3. The summed E-state index contributed by atoms with van der Waals surface area (Å²) in [7, 11) is 3.84. The van der Waals surface area contributed by atoms with Crippen LogP contribution in [0.15, 0.2) is 29.3 Å². The number of rotatable bonds is 6. The van der Waals surface area contributed by atoms with Crippen LogP contribution in [0.25, 0.3) is 0 Å². The van der Waals surface area contributed by atoms with Crippen molar-refractivity contribution < 1.29 is 9.47 Å². The van der Waals surface area contributed by atoms with Crippen molar-refractivity contribution in [3.8, 4) is 5.75 Å². The number of hydrogen-bond donors (Lipinski definition) is 1. The van der Waals surface area contributed by atoms with Crippen LogP contribution in [0.4, 0.5) is 0 Å². The Hall–Kier alpha value is -0.730. The summed E-state index contributed by atoms with van der Waals surface area (Å²) in [5, 5.41) is 3.98. The van der Waals surface area contributed by atoms with Gasteiger partial charge in [-0.3, -0.25) is 4.99 Å². The molecule has 1 aromatic carbocycles. The van der Waals surface area contributed by atoms with Crippen molar-refractivity contribution in [3.63, 3.8) is 0 Å². The van der Waals surface area contributed by atoms with E-state index in [0.29, 0.717) is 23.2 Å². The van der Waals surface area contributed by atoms with E-state index in [1.54, 1.807) is 7.05 Å². The summed E-state index contributed by atoms with van der Waals surface area (Å²) in [6.07, 6.45) is 1.10. The van der Waals surface area contributed by atoms with E-state index >= 15 is 0 Å². The molecule has 2 unspecified atom stereocenters. The molecule has 0 aromatic heterocycles. The first kappa shape index (κ1) is 21.3. The van der Waals surface area contributed by atoms with Crippen LogP contribution in [-0.2, 0) is 4.74 Å². The Labute approximate surface area is 166 Å². The van der Waals surface area contributed by atoms with Crippen LogP contribution in [0.5, 0.6) is 5.75 Å². The van der Waals surface area contributed by atoms with Crippen molar-refractivity contribution in [2.24, 2.45) is 10.9 Å². The Morgan fingerprint density at radius 1 is 1.50 bits per heavy atom. The molecule has 1 N–H and O–H groups in total. The van der Waals surface area contributed by atoms with Crippen molar-refractivity contribution in [1.82, 2.24) is 10.2 Å². The Balaban J connectivity index is 0.00000288. The van der Waals surface area contributed by atoms with Gasteiger partial charge in [0.05, 0.1) is 18.2 Å². The van der Waals surface area contributed by atoms with Crippen molar-refractivity contribution in [2.45, 2.75) is 19.4 Å². The highest BCUT2D eigenvalue weighted by Crippen LogP contribution is 2.24. The zero-order chi connectivity index (χ0) is 16.7. The number of nitrogens with zero attached hydrogens (tertiary/aromatic N) is 2.